The van der Waals surface area contributed by atoms with Crippen LogP contribution in [-0.2, 0) is 20.9 Å². The largest absolute Gasteiger partial charge is 0.362 e. The summed E-state index contributed by atoms with van der Waals surface area (Å²) in [6.45, 7) is 0.141. The molecule has 0 atom stereocenters. The number of benzene rings is 2. The molecule has 0 bridgehead atoms. The number of para-hydroxylation sites is 1. The molecule has 0 unspecified atom stereocenters. The van der Waals surface area contributed by atoms with E-state index in [0.717, 1.165) is 5.56 Å². The summed E-state index contributed by atoms with van der Waals surface area (Å²) in [6.07, 6.45) is 0. The number of anilines is 1. The van der Waals surface area contributed by atoms with Crippen molar-refractivity contribution in [2.75, 3.05) is 18.5 Å². The van der Waals surface area contributed by atoms with Gasteiger partial charge in [-0.2, -0.15) is 0 Å². The van der Waals surface area contributed by atoms with Gasteiger partial charge in [-0.3, -0.25) is 9.59 Å². The zero-order chi connectivity index (χ0) is 15.6. The van der Waals surface area contributed by atoms with Crippen molar-refractivity contribution in [1.29, 1.82) is 0 Å². The molecular formula is C17H18N2O3. The molecule has 114 valence electrons. The van der Waals surface area contributed by atoms with Gasteiger partial charge in [-0.25, -0.2) is 0 Å². The van der Waals surface area contributed by atoms with Gasteiger partial charge in [-0.15, -0.1) is 0 Å². The van der Waals surface area contributed by atoms with Crippen molar-refractivity contribution in [3.8, 4) is 0 Å². The van der Waals surface area contributed by atoms with Gasteiger partial charge in [0.05, 0.1) is 0 Å². The van der Waals surface area contributed by atoms with Crippen LogP contribution < -0.4 is 10.6 Å². The Bertz CT molecular complexity index is 600. The Labute approximate surface area is 129 Å². The molecule has 0 aromatic heterocycles. The first-order valence-electron chi connectivity index (χ1n) is 6.97. The summed E-state index contributed by atoms with van der Waals surface area (Å²) in [5.74, 6) is -0.543. The van der Waals surface area contributed by atoms with Gasteiger partial charge in [0.1, 0.15) is 13.2 Å². The van der Waals surface area contributed by atoms with E-state index in [4.69, 9.17) is 4.74 Å². The molecule has 0 aliphatic carbocycles. The van der Waals surface area contributed by atoms with Gasteiger partial charge in [0.25, 0.3) is 0 Å². The van der Waals surface area contributed by atoms with E-state index in [0.29, 0.717) is 12.2 Å². The Kier molecular flexibility index (Phi) is 6.14. The Morgan fingerprint density at radius 1 is 0.818 bits per heavy atom. The molecule has 22 heavy (non-hydrogen) atoms. The predicted molar refractivity (Wildman–Crippen MR) is 84.2 cm³/mol. The fraction of sp³-hybridized carbons (Fsp3) is 0.176. The van der Waals surface area contributed by atoms with Crippen molar-refractivity contribution >= 4 is 17.5 Å². The summed E-state index contributed by atoms with van der Waals surface area (Å²) in [4.78, 5) is 23.2. The number of rotatable bonds is 7. The lowest BCUT2D eigenvalue weighted by molar-refractivity contribution is -0.128. The van der Waals surface area contributed by atoms with Crippen LogP contribution in [-0.4, -0.2) is 25.0 Å². The summed E-state index contributed by atoms with van der Waals surface area (Å²) in [6, 6.07) is 18.7. The lowest BCUT2D eigenvalue weighted by Gasteiger charge is -2.07. The van der Waals surface area contributed by atoms with E-state index in [1.807, 2.05) is 48.5 Å². The van der Waals surface area contributed by atoms with E-state index < -0.39 is 0 Å². The van der Waals surface area contributed by atoms with Gasteiger partial charge in [0, 0.05) is 12.2 Å². The lowest BCUT2D eigenvalue weighted by Crippen LogP contribution is -2.29. The van der Waals surface area contributed by atoms with Crippen molar-refractivity contribution < 1.29 is 14.3 Å². The molecule has 0 saturated heterocycles. The third kappa shape index (κ3) is 5.76. The Morgan fingerprint density at radius 3 is 2.09 bits per heavy atom. The highest BCUT2D eigenvalue weighted by Crippen LogP contribution is 2.04. The van der Waals surface area contributed by atoms with Crippen molar-refractivity contribution in [2.24, 2.45) is 0 Å². The zero-order valence-corrected chi connectivity index (χ0v) is 12.1. The van der Waals surface area contributed by atoms with Crippen molar-refractivity contribution in [3.63, 3.8) is 0 Å². The molecule has 2 amide bonds. The van der Waals surface area contributed by atoms with Gasteiger partial charge in [0.2, 0.25) is 11.8 Å². The summed E-state index contributed by atoms with van der Waals surface area (Å²) in [7, 11) is 0. The number of hydrogen-bond acceptors (Lipinski definition) is 3. The van der Waals surface area contributed by atoms with Gasteiger partial charge >= 0.3 is 0 Å². The van der Waals surface area contributed by atoms with E-state index in [-0.39, 0.29) is 25.0 Å². The normalized spacial score (nSPS) is 10.0. The smallest absolute Gasteiger partial charge is 0.250 e. The number of nitrogens with one attached hydrogen (secondary N) is 2. The molecule has 2 aromatic rings. The topological polar surface area (TPSA) is 67.4 Å². The van der Waals surface area contributed by atoms with Crippen molar-refractivity contribution in [2.45, 2.75) is 6.54 Å². The monoisotopic (exact) mass is 298 g/mol. The summed E-state index contributed by atoms with van der Waals surface area (Å²) in [5, 5.41) is 5.40. The first-order valence-corrected chi connectivity index (χ1v) is 6.97. The molecule has 2 N–H and O–H groups in total. The fourth-order valence-electron chi connectivity index (χ4n) is 1.80. The minimum Gasteiger partial charge on any atom is -0.362 e. The molecule has 5 heteroatoms. The average Bonchev–Trinajstić information content (AvgIpc) is 2.55. The predicted octanol–water partition coefficient (Wildman–Crippen LogP) is 1.96. The van der Waals surface area contributed by atoms with Gasteiger partial charge < -0.3 is 15.4 Å². The van der Waals surface area contributed by atoms with E-state index in [2.05, 4.69) is 10.6 Å². The molecule has 0 saturated carbocycles. The summed E-state index contributed by atoms with van der Waals surface area (Å²) in [5.41, 5.74) is 1.71. The number of carbonyl (C=O) groups is 2. The quantitative estimate of drug-likeness (QED) is 0.821. The first kappa shape index (κ1) is 15.7. The van der Waals surface area contributed by atoms with Crippen LogP contribution in [0, 0.1) is 0 Å². The molecule has 2 aromatic carbocycles. The maximum absolute atomic E-state index is 11.6. The number of amides is 2. The van der Waals surface area contributed by atoms with Gasteiger partial charge in [-0.1, -0.05) is 48.5 Å². The number of hydrogen-bond donors (Lipinski definition) is 2. The highest BCUT2D eigenvalue weighted by molar-refractivity contribution is 5.91. The minimum atomic E-state index is -0.290. The van der Waals surface area contributed by atoms with Crippen molar-refractivity contribution in [1.82, 2.24) is 5.32 Å². The Hall–Kier alpha value is -2.66. The molecule has 2 rings (SSSR count). The van der Waals surface area contributed by atoms with E-state index >= 15 is 0 Å². The third-order valence-corrected chi connectivity index (χ3v) is 2.86. The molecule has 0 aliphatic heterocycles. The van der Waals surface area contributed by atoms with Gasteiger partial charge in [0.15, 0.2) is 0 Å². The second kappa shape index (κ2) is 8.59. The van der Waals surface area contributed by atoms with E-state index in [1.54, 1.807) is 12.1 Å². The minimum absolute atomic E-state index is 0.144. The molecule has 5 nitrogen and oxygen atoms in total. The SMILES string of the molecule is O=C(COCC(=O)Nc1ccccc1)NCc1ccccc1. The second-order valence-electron chi connectivity index (χ2n) is 4.67. The van der Waals surface area contributed by atoms with Crippen LogP contribution in [0.1, 0.15) is 5.56 Å². The molecule has 0 aliphatic rings. The second-order valence-corrected chi connectivity index (χ2v) is 4.67. The van der Waals surface area contributed by atoms with E-state index in [1.165, 1.54) is 0 Å². The third-order valence-electron chi connectivity index (χ3n) is 2.86. The van der Waals surface area contributed by atoms with Crippen LogP contribution in [0.3, 0.4) is 0 Å². The van der Waals surface area contributed by atoms with Crippen LogP contribution >= 0.6 is 0 Å². The van der Waals surface area contributed by atoms with E-state index in [9.17, 15) is 9.59 Å². The Balaban J connectivity index is 1.61. The maximum atomic E-state index is 11.6. The molecule has 0 fully saturated rings. The van der Waals surface area contributed by atoms with Crippen molar-refractivity contribution in [3.05, 3.63) is 66.2 Å². The van der Waals surface area contributed by atoms with Crippen LogP contribution in [0.15, 0.2) is 60.7 Å². The average molecular weight is 298 g/mol. The Morgan fingerprint density at radius 2 is 1.41 bits per heavy atom. The van der Waals surface area contributed by atoms with Crippen LogP contribution in [0.4, 0.5) is 5.69 Å². The lowest BCUT2D eigenvalue weighted by atomic mass is 10.2. The molecule has 0 spiro atoms. The fourth-order valence-corrected chi connectivity index (χ4v) is 1.80. The molecule has 0 heterocycles. The highest BCUT2D eigenvalue weighted by atomic mass is 16.5. The van der Waals surface area contributed by atoms with Gasteiger partial charge in [-0.05, 0) is 17.7 Å². The standard InChI is InChI=1S/C17H18N2O3/c20-16(18-11-14-7-3-1-4-8-14)12-22-13-17(21)19-15-9-5-2-6-10-15/h1-10H,11-13H2,(H,18,20)(H,19,21). The molecule has 0 radical (unpaired) electrons. The maximum Gasteiger partial charge on any atom is 0.250 e. The highest BCUT2D eigenvalue weighted by Gasteiger charge is 2.05. The van der Waals surface area contributed by atoms with Crippen LogP contribution in [0.25, 0.3) is 0 Å². The number of carbonyl (C=O) groups excluding carboxylic acids is 2. The summed E-state index contributed by atoms with van der Waals surface area (Å²) < 4.78 is 5.09. The zero-order valence-electron chi connectivity index (χ0n) is 12.1. The molecular weight excluding hydrogens is 280 g/mol. The van der Waals surface area contributed by atoms with Crippen LogP contribution in [0.2, 0.25) is 0 Å². The first-order chi connectivity index (χ1) is 10.7. The summed E-state index contributed by atoms with van der Waals surface area (Å²) >= 11 is 0. The van der Waals surface area contributed by atoms with Crippen LogP contribution in [0.5, 0.6) is 0 Å². The number of ether oxygens (including phenoxy) is 1.